The minimum Gasteiger partial charge on any atom is -0.508 e. The number of aromatic hydroxyl groups is 1. The zero-order chi connectivity index (χ0) is 23.0. The summed E-state index contributed by atoms with van der Waals surface area (Å²) in [7, 11) is 3.13. The molecule has 3 aliphatic rings. The van der Waals surface area contributed by atoms with Gasteiger partial charge in [0, 0.05) is 11.5 Å². The highest BCUT2D eigenvalue weighted by atomic mass is 16.3. The molecule has 9 nitrogen and oxygen atoms in total. The maximum absolute atomic E-state index is 13.6. The van der Waals surface area contributed by atoms with Gasteiger partial charge in [0.15, 0.2) is 11.4 Å². The molecule has 0 saturated heterocycles. The first-order valence-corrected chi connectivity index (χ1v) is 9.89. The number of primary amides is 1. The Hall–Kier alpha value is -3.17. The quantitative estimate of drug-likeness (QED) is 0.421. The standard InChI is InChI=1S/C22H24N2O7.CH4/c1-8-4-5-12(25)14-10(8)6-9-7-11-16(24(2)3)18(27)15(21(23)30)20(29)22(11,31)19(28)13(9)17(14)26;/h4-5,9,11,16,25-26,29,31H,6-7H2,1-3H3,(H2,23,30);1H4/t9-,11-,16-,22-;/m0./s1. The number of aliphatic hydroxyl groups excluding tert-OH is 2. The largest absolute Gasteiger partial charge is 0.508 e. The Morgan fingerprint density at radius 3 is 2.38 bits per heavy atom. The van der Waals surface area contributed by atoms with E-state index in [4.69, 9.17) is 5.73 Å². The van der Waals surface area contributed by atoms with Crippen LogP contribution < -0.4 is 5.73 Å². The van der Waals surface area contributed by atoms with Crippen molar-refractivity contribution in [2.24, 2.45) is 17.6 Å². The van der Waals surface area contributed by atoms with Crippen LogP contribution in [0.5, 0.6) is 5.75 Å². The number of carbonyl (C=O) groups is 3. The Morgan fingerprint density at radius 2 is 1.81 bits per heavy atom. The lowest BCUT2D eigenvalue weighted by molar-refractivity contribution is -0.153. The Kier molecular flexibility index (Phi) is 5.47. The number of fused-ring (bicyclic) bond motifs is 3. The fourth-order valence-electron chi connectivity index (χ4n) is 5.40. The number of hydrogen-bond donors (Lipinski definition) is 5. The zero-order valence-corrected chi connectivity index (χ0v) is 17.3. The number of benzene rings is 1. The van der Waals surface area contributed by atoms with Crippen LogP contribution in [-0.2, 0) is 20.8 Å². The molecule has 1 fully saturated rings. The average molecular weight is 444 g/mol. The van der Waals surface area contributed by atoms with Crippen LogP contribution >= 0.6 is 0 Å². The first kappa shape index (κ1) is 23.5. The summed E-state index contributed by atoms with van der Waals surface area (Å²) in [5, 5.41) is 43.4. The zero-order valence-electron chi connectivity index (χ0n) is 17.3. The lowest BCUT2D eigenvalue weighted by Crippen LogP contribution is -2.65. The SMILES string of the molecule is C.Cc1ccc(O)c2c1C[C@H]1C[C@H]3[C@H](N(C)C)C(=O)C(C(N)=O)=C(O)[C@@]3(O)C(=O)C1=C2O. The van der Waals surface area contributed by atoms with Crippen molar-refractivity contribution in [3.8, 4) is 5.75 Å². The molecule has 172 valence electrons. The average Bonchev–Trinajstić information content (AvgIpc) is 2.67. The minimum atomic E-state index is -2.61. The maximum atomic E-state index is 13.6. The number of likely N-dealkylation sites (N-methyl/N-ethyl adjacent to an activating group) is 1. The molecule has 0 unspecified atom stereocenters. The van der Waals surface area contributed by atoms with Crippen LogP contribution in [0.4, 0.5) is 0 Å². The lowest BCUT2D eigenvalue weighted by atomic mass is 9.57. The van der Waals surface area contributed by atoms with Gasteiger partial charge in [0.05, 0.1) is 11.6 Å². The number of phenols is 1. The smallest absolute Gasteiger partial charge is 0.255 e. The summed E-state index contributed by atoms with van der Waals surface area (Å²) < 4.78 is 0. The van der Waals surface area contributed by atoms with Crippen LogP contribution in [0, 0.1) is 18.8 Å². The molecule has 0 spiro atoms. The number of Topliss-reactive ketones (excluding diaryl/α,β-unsaturated/α-hetero) is 2. The summed E-state index contributed by atoms with van der Waals surface area (Å²) in [6.45, 7) is 1.82. The molecule has 0 aromatic heterocycles. The number of carbonyl (C=O) groups excluding carboxylic acids is 3. The highest BCUT2D eigenvalue weighted by molar-refractivity contribution is 6.24. The summed E-state index contributed by atoms with van der Waals surface area (Å²) in [5.41, 5.74) is 3.30. The molecule has 0 heterocycles. The van der Waals surface area contributed by atoms with Gasteiger partial charge >= 0.3 is 0 Å². The number of hydrogen-bond acceptors (Lipinski definition) is 8. The van der Waals surface area contributed by atoms with Crippen molar-refractivity contribution in [3.05, 3.63) is 45.7 Å². The number of ketones is 2. The van der Waals surface area contributed by atoms with E-state index < -0.39 is 58.0 Å². The number of nitrogens with two attached hydrogens (primary N) is 1. The third kappa shape index (κ3) is 2.81. The van der Waals surface area contributed by atoms with E-state index in [1.54, 1.807) is 20.2 Å². The summed E-state index contributed by atoms with van der Waals surface area (Å²) in [5.74, 6) is -6.42. The second-order valence-electron chi connectivity index (χ2n) is 8.72. The van der Waals surface area contributed by atoms with Gasteiger partial charge in [-0.15, -0.1) is 0 Å². The topological polar surface area (TPSA) is 161 Å². The highest BCUT2D eigenvalue weighted by Gasteiger charge is 2.64. The van der Waals surface area contributed by atoms with E-state index in [2.05, 4.69) is 0 Å². The number of rotatable bonds is 2. The third-order valence-electron chi connectivity index (χ3n) is 6.84. The van der Waals surface area contributed by atoms with Gasteiger partial charge in [-0.1, -0.05) is 13.5 Å². The van der Waals surface area contributed by atoms with Crippen LogP contribution in [0.15, 0.2) is 29.0 Å². The van der Waals surface area contributed by atoms with Crippen molar-refractivity contribution in [2.45, 2.75) is 38.8 Å². The molecule has 1 amide bonds. The van der Waals surface area contributed by atoms with E-state index in [0.717, 1.165) is 5.56 Å². The molecule has 6 N–H and O–H groups in total. The molecule has 0 aliphatic heterocycles. The molecule has 4 atom stereocenters. The molecule has 1 aromatic rings. The Bertz CT molecular complexity index is 1120. The van der Waals surface area contributed by atoms with Gasteiger partial charge in [-0.05, 0) is 57.0 Å². The van der Waals surface area contributed by atoms with Crippen molar-refractivity contribution < 1.29 is 34.8 Å². The van der Waals surface area contributed by atoms with Gasteiger partial charge in [-0.3, -0.25) is 19.3 Å². The summed E-state index contributed by atoms with van der Waals surface area (Å²) in [6.07, 6.45) is 0.385. The predicted molar refractivity (Wildman–Crippen MR) is 116 cm³/mol. The van der Waals surface area contributed by atoms with Crippen molar-refractivity contribution in [2.75, 3.05) is 14.1 Å². The minimum absolute atomic E-state index is 0. The first-order chi connectivity index (χ1) is 14.4. The summed E-state index contributed by atoms with van der Waals surface area (Å²) in [6, 6.07) is 2.02. The molecule has 0 bridgehead atoms. The first-order valence-electron chi connectivity index (χ1n) is 9.89. The monoisotopic (exact) mass is 444 g/mol. The molecular weight excluding hydrogens is 416 g/mol. The molecule has 3 aliphatic carbocycles. The van der Waals surface area contributed by atoms with Crippen molar-refractivity contribution in [1.82, 2.24) is 4.90 Å². The molecule has 32 heavy (non-hydrogen) atoms. The second kappa shape index (κ2) is 7.46. The van der Waals surface area contributed by atoms with E-state index in [-0.39, 0.29) is 30.7 Å². The van der Waals surface area contributed by atoms with E-state index in [1.165, 1.54) is 11.0 Å². The van der Waals surface area contributed by atoms with Crippen molar-refractivity contribution >= 4 is 23.2 Å². The van der Waals surface area contributed by atoms with E-state index in [9.17, 15) is 34.8 Å². The second-order valence-corrected chi connectivity index (χ2v) is 8.72. The Balaban J connectivity index is 0.00000289. The molecule has 1 aromatic carbocycles. The van der Waals surface area contributed by atoms with Gasteiger partial charge < -0.3 is 26.2 Å². The van der Waals surface area contributed by atoms with E-state index >= 15 is 0 Å². The lowest BCUT2D eigenvalue weighted by Gasteiger charge is -2.50. The molecule has 1 saturated carbocycles. The van der Waals surface area contributed by atoms with Gasteiger partial charge in [0.25, 0.3) is 5.91 Å². The fraction of sp³-hybridized carbons (Fsp3) is 0.435. The molecule has 0 radical (unpaired) electrons. The van der Waals surface area contributed by atoms with E-state index in [1.807, 2.05) is 6.92 Å². The number of aryl methyl sites for hydroxylation is 1. The summed E-state index contributed by atoms with van der Waals surface area (Å²) in [4.78, 5) is 39.9. The third-order valence-corrected chi connectivity index (χ3v) is 6.84. The predicted octanol–water partition coefficient (Wildman–Crippen LogP) is 0.909. The van der Waals surface area contributed by atoms with Gasteiger partial charge in [0.1, 0.15) is 22.8 Å². The Morgan fingerprint density at radius 1 is 1.19 bits per heavy atom. The molecular formula is C23H28N2O7. The van der Waals surface area contributed by atoms with Crippen LogP contribution in [0.2, 0.25) is 0 Å². The number of amides is 1. The summed E-state index contributed by atoms with van der Waals surface area (Å²) >= 11 is 0. The number of aliphatic hydroxyl groups is 3. The highest BCUT2D eigenvalue weighted by Crippen LogP contribution is 2.52. The van der Waals surface area contributed by atoms with Crippen molar-refractivity contribution in [3.63, 3.8) is 0 Å². The fourth-order valence-corrected chi connectivity index (χ4v) is 5.40. The van der Waals surface area contributed by atoms with E-state index in [0.29, 0.717) is 12.0 Å². The number of nitrogens with zero attached hydrogens (tertiary/aromatic N) is 1. The van der Waals surface area contributed by atoms with Crippen LogP contribution in [-0.4, -0.2) is 68.5 Å². The van der Waals surface area contributed by atoms with Crippen molar-refractivity contribution in [1.29, 1.82) is 0 Å². The van der Waals surface area contributed by atoms with Gasteiger partial charge in [-0.25, -0.2) is 0 Å². The maximum Gasteiger partial charge on any atom is 0.255 e. The Labute approximate surface area is 185 Å². The van der Waals surface area contributed by atoms with Crippen LogP contribution in [0.1, 0.15) is 30.5 Å². The van der Waals surface area contributed by atoms with Gasteiger partial charge in [0.2, 0.25) is 5.78 Å². The number of phenolic OH excluding ortho intramolecular Hbond substituents is 1. The normalized spacial score (nSPS) is 29.3. The molecule has 9 heteroatoms. The van der Waals surface area contributed by atoms with Crippen LogP contribution in [0.3, 0.4) is 0 Å². The molecule has 4 rings (SSSR count). The van der Waals surface area contributed by atoms with Crippen LogP contribution in [0.25, 0.3) is 5.76 Å². The van der Waals surface area contributed by atoms with Gasteiger partial charge in [-0.2, -0.15) is 0 Å².